The molecular weight excluding hydrogens is 507 g/mol. The zero-order valence-corrected chi connectivity index (χ0v) is 19.9. The maximum absolute atomic E-state index is 11.2. The summed E-state index contributed by atoms with van der Waals surface area (Å²) >= 11 is 17.2. The number of hydrazone groups is 1. The first kappa shape index (κ1) is 24.9. The van der Waals surface area contributed by atoms with E-state index >= 15 is 0 Å². The fourth-order valence-corrected chi connectivity index (χ4v) is 3.44. The standard InChI is InChI=1S/C20H16Cl2N6O5S/c1-9(16-18(29)17(27(2)26-16)10-3-4-14(21)15(22)7-10)24-25-20(34)23-12-5-11(19(30)31)6-13(8-12)28(32)33/h3-8,29H,1-2H3,(H,30,31)(H2,23,25,34)/b24-9+. The molecule has 176 valence electrons. The summed E-state index contributed by atoms with van der Waals surface area (Å²) in [4.78, 5) is 21.6. The van der Waals surface area contributed by atoms with Gasteiger partial charge < -0.3 is 15.5 Å². The molecule has 3 rings (SSSR count). The summed E-state index contributed by atoms with van der Waals surface area (Å²) in [6.07, 6.45) is 0. The van der Waals surface area contributed by atoms with Gasteiger partial charge in [0.05, 0.1) is 26.2 Å². The second-order valence-electron chi connectivity index (χ2n) is 6.89. The van der Waals surface area contributed by atoms with Crippen molar-refractivity contribution < 1.29 is 19.9 Å². The first-order chi connectivity index (χ1) is 16.0. The number of thiocarbonyl (C=S) groups is 1. The zero-order valence-electron chi connectivity index (χ0n) is 17.5. The Bertz CT molecular complexity index is 1330. The Morgan fingerprint density at radius 1 is 1.24 bits per heavy atom. The Morgan fingerprint density at radius 2 is 1.94 bits per heavy atom. The van der Waals surface area contributed by atoms with Crippen LogP contribution < -0.4 is 10.7 Å². The van der Waals surface area contributed by atoms with Crippen molar-refractivity contribution in [3.63, 3.8) is 0 Å². The number of nitrogens with one attached hydrogen (secondary N) is 2. The molecule has 0 spiro atoms. The molecule has 1 aromatic heterocycles. The molecule has 0 amide bonds. The van der Waals surface area contributed by atoms with Crippen LogP contribution >= 0.6 is 35.4 Å². The largest absolute Gasteiger partial charge is 0.504 e. The third-order valence-corrected chi connectivity index (χ3v) is 5.45. The van der Waals surface area contributed by atoms with E-state index in [4.69, 9.17) is 40.5 Å². The molecule has 0 atom stereocenters. The number of nitro benzene ring substituents is 1. The van der Waals surface area contributed by atoms with Gasteiger partial charge >= 0.3 is 5.97 Å². The number of carboxylic acids is 1. The van der Waals surface area contributed by atoms with Crippen molar-refractivity contribution in [2.24, 2.45) is 12.1 Å². The minimum absolute atomic E-state index is 0.0729. The molecule has 11 nitrogen and oxygen atoms in total. The number of anilines is 1. The SMILES string of the molecule is C/C(=N\NC(=S)Nc1cc(C(=O)O)cc([N+](=O)[O-])c1)c1nn(C)c(-c2ccc(Cl)c(Cl)c2)c1O. The molecular formula is C20H16Cl2N6O5S. The molecule has 0 radical (unpaired) electrons. The van der Waals surface area contributed by atoms with E-state index in [9.17, 15) is 20.0 Å². The number of rotatable bonds is 6. The van der Waals surface area contributed by atoms with Crippen LogP contribution in [0.4, 0.5) is 11.4 Å². The summed E-state index contributed by atoms with van der Waals surface area (Å²) in [7, 11) is 1.64. The average molecular weight is 523 g/mol. The van der Waals surface area contributed by atoms with Gasteiger partial charge in [-0.15, -0.1) is 0 Å². The van der Waals surface area contributed by atoms with Gasteiger partial charge in [0.25, 0.3) is 5.69 Å². The molecule has 0 saturated carbocycles. The van der Waals surface area contributed by atoms with Gasteiger partial charge in [-0.25, -0.2) is 4.79 Å². The number of aryl methyl sites for hydroxylation is 1. The normalized spacial score (nSPS) is 11.2. The number of halogens is 2. The van der Waals surface area contributed by atoms with Crippen molar-refractivity contribution in [2.45, 2.75) is 6.92 Å². The van der Waals surface area contributed by atoms with Crippen LogP contribution in [0, 0.1) is 10.1 Å². The number of nitro groups is 1. The van der Waals surface area contributed by atoms with Gasteiger partial charge in [0.1, 0.15) is 5.69 Å². The van der Waals surface area contributed by atoms with Gasteiger partial charge in [0.15, 0.2) is 16.6 Å². The summed E-state index contributed by atoms with van der Waals surface area (Å²) in [5, 5.41) is 42.5. The summed E-state index contributed by atoms with van der Waals surface area (Å²) < 4.78 is 1.45. The van der Waals surface area contributed by atoms with Crippen LogP contribution in [0.25, 0.3) is 11.3 Å². The number of carbonyl (C=O) groups is 1. The molecule has 0 saturated heterocycles. The molecule has 3 aromatic rings. The van der Waals surface area contributed by atoms with Crippen molar-refractivity contribution >= 4 is 63.6 Å². The molecule has 4 N–H and O–H groups in total. The first-order valence-electron chi connectivity index (χ1n) is 9.33. The Morgan fingerprint density at radius 3 is 2.56 bits per heavy atom. The molecule has 0 fully saturated rings. The van der Waals surface area contributed by atoms with Crippen molar-refractivity contribution in [1.29, 1.82) is 0 Å². The molecule has 14 heteroatoms. The van der Waals surface area contributed by atoms with Crippen molar-refractivity contribution in [1.82, 2.24) is 15.2 Å². The number of aromatic nitrogens is 2. The fourth-order valence-electron chi connectivity index (χ4n) is 2.98. The number of aromatic hydroxyl groups is 1. The Hall–Kier alpha value is -3.74. The van der Waals surface area contributed by atoms with Crippen molar-refractivity contribution in [3.05, 3.63) is 67.8 Å². The van der Waals surface area contributed by atoms with Crippen LogP contribution in [0.2, 0.25) is 10.0 Å². The third-order valence-electron chi connectivity index (χ3n) is 4.52. The fraction of sp³-hybridized carbons (Fsp3) is 0.100. The van der Waals surface area contributed by atoms with Crippen LogP contribution in [-0.2, 0) is 7.05 Å². The molecule has 0 aliphatic rings. The number of aromatic carboxylic acids is 1. The van der Waals surface area contributed by atoms with E-state index in [-0.39, 0.29) is 33.5 Å². The predicted molar refractivity (Wildman–Crippen MR) is 132 cm³/mol. The minimum atomic E-state index is -1.33. The maximum Gasteiger partial charge on any atom is 0.336 e. The van der Waals surface area contributed by atoms with Gasteiger partial charge in [-0.3, -0.25) is 20.2 Å². The second kappa shape index (κ2) is 10.0. The van der Waals surface area contributed by atoms with E-state index in [2.05, 4.69) is 20.9 Å². The Kier molecular flexibility index (Phi) is 7.35. The van der Waals surface area contributed by atoms with E-state index < -0.39 is 16.6 Å². The van der Waals surface area contributed by atoms with Gasteiger partial charge in [-0.1, -0.05) is 29.3 Å². The molecule has 2 aromatic carbocycles. The van der Waals surface area contributed by atoms with Gasteiger partial charge in [-0.05, 0) is 37.3 Å². The van der Waals surface area contributed by atoms with Crippen LogP contribution in [0.1, 0.15) is 23.0 Å². The van der Waals surface area contributed by atoms with E-state index in [1.165, 1.54) is 10.7 Å². The summed E-state index contributed by atoms with van der Waals surface area (Å²) in [6.45, 7) is 1.58. The van der Waals surface area contributed by atoms with Gasteiger partial charge in [-0.2, -0.15) is 10.2 Å². The minimum Gasteiger partial charge on any atom is -0.504 e. The lowest BCUT2D eigenvalue weighted by Crippen LogP contribution is -2.25. The monoisotopic (exact) mass is 522 g/mol. The Labute approximate surface area is 207 Å². The highest BCUT2D eigenvalue weighted by Crippen LogP contribution is 2.35. The number of non-ortho nitro benzene ring substituents is 1. The van der Waals surface area contributed by atoms with E-state index in [1.807, 2.05) is 0 Å². The highest BCUT2D eigenvalue weighted by atomic mass is 35.5. The summed E-state index contributed by atoms with van der Waals surface area (Å²) in [5.74, 6) is -1.48. The van der Waals surface area contributed by atoms with Crippen LogP contribution in [-0.4, -0.2) is 41.7 Å². The maximum atomic E-state index is 11.2. The van der Waals surface area contributed by atoms with Crippen molar-refractivity contribution in [2.75, 3.05) is 5.32 Å². The lowest BCUT2D eigenvalue weighted by molar-refractivity contribution is -0.384. The molecule has 34 heavy (non-hydrogen) atoms. The summed E-state index contributed by atoms with van der Waals surface area (Å²) in [5.41, 5.74) is 3.33. The second-order valence-corrected chi connectivity index (χ2v) is 8.11. The molecule has 0 bridgehead atoms. The number of hydrogen-bond donors (Lipinski definition) is 4. The van der Waals surface area contributed by atoms with Crippen LogP contribution in [0.3, 0.4) is 0 Å². The number of carboxylic acid groups (broad SMARTS) is 1. The lowest BCUT2D eigenvalue weighted by atomic mass is 10.1. The summed E-state index contributed by atoms with van der Waals surface area (Å²) in [6, 6.07) is 8.13. The van der Waals surface area contributed by atoms with Crippen molar-refractivity contribution in [3.8, 4) is 17.0 Å². The van der Waals surface area contributed by atoms with Crippen LogP contribution in [0.15, 0.2) is 41.5 Å². The number of hydrogen-bond acceptors (Lipinski definition) is 7. The van der Waals surface area contributed by atoms with E-state index in [1.54, 1.807) is 32.2 Å². The quantitative estimate of drug-likeness (QED) is 0.159. The van der Waals surface area contributed by atoms with Crippen LogP contribution in [0.5, 0.6) is 5.75 Å². The highest BCUT2D eigenvalue weighted by Gasteiger charge is 2.20. The van der Waals surface area contributed by atoms with Gasteiger partial charge in [0.2, 0.25) is 0 Å². The highest BCUT2D eigenvalue weighted by molar-refractivity contribution is 7.80. The Balaban J connectivity index is 1.81. The van der Waals surface area contributed by atoms with Gasteiger partial charge in [0, 0.05) is 30.4 Å². The topological polar surface area (TPSA) is 155 Å². The predicted octanol–water partition coefficient (Wildman–Crippen LogP) is 4.42. The average Bonchev–Trinajstić information content (AvgIpc) is 3.07. The molecule has 0 aliphatic heterocycles. The first-order valence-corrected chi connectivity index (χ1v) is 10.5. The van der Waals surface area contributed by atoms with E-state index in [0.717, 1.165) is 12.1 Å². The number of nitrogens with zero attached hydrogens (tertiary/aromatic N) is 4. The smallest absolute Gasteiger partial charge is 0.336 e. The zero-order chi connectivity index (χ0) is 25.2. The third kappa shape index (κ3) is 5.42. The number of benzene rings is 2. The molecule has 0 unspecified atom stereocenters. The lowest BCUT2D eigenvalue weighted by Gasteiger charge is -2.08. The molecule has 0 aliphatic carbocycles. The van der Waals surface area contributed by atoms with E-state index in [0.29, 0.717) is 21.3 Å². The molecule has 1 heterocycles.